The molecule has 0 bridgehead atoms. The highest BCUT2D eigenvalue weighted by Gasteiger charge is 2.39. The molecule has 1 aromatic rings. The van der Waals surface area contributed by atoms with Gasteiger partial charge in [0.15, 0.2) is 0 Å². The highest BCUT2D eigenvalue weighted by atomic mass is 16.4. The number of aliphatic carboxylic acids is 1. The number of hydrogen-bond acceptors (Lipinski definition) is 7. The van der Waals surface area contributed by atoms with Gasteiger partial charge in [-0.15, -0.1) is 0 Å². The van der Waals surface area contributed by atoms with E-state index < -0.39 is 60.4 Å². The first-order chi connectivity index (χ1) is 16.1. The number of nitrogens with two attached hydrogens (primary N) is 2. The van der Waals surface area contributed by atoms with E-state index in [0.717, 1.165) is 5.56 Å². The van der Waals surface area contributed by atoms with Crippen molar-refractivity contribution in [3.63, 3.8) is 0 Å². The summed E-state index contributed by atoms with van der Waals surface area (Å²) in [6.45, 7) is -0.433. The zero-order valence-electron chi connectivity index (χ0n) is 18.7. The third-order valence-electron chi connectivity index (χ3n) is 5.56. The fourth-order valence-corrected chi connectivity index (χ4v) is 3.73. The predicted octanol–water partition coefficient (Wildman–Crippen LogP) is -2.14. The molecule has 0 spiro atoms. The molecule has 4 unspecified atom stereocenters. The molecule has 0 radical (unpaired) electrons. The molecule has 4 amide bonds. The van der Waals surface area contributed by atoms with Gasteiger partial charge in [-0.25, -0.2) is 4.79 Å². The van der Waals surface area contributed by atoms with Crippen LogP contribution in [0.5, 0.6) is 0 Å². The van der Waals surface area contributed by atoms with Crippen molar-refractivity contribution in [3.8, 4) is 0 Å². The summed E-state index contributed by atoms with van der Waals surface area (Å²) in [6, 6.07) is 4.22. The van der Waals surface area contributed by atoms with Crippen LogP contribution in [0.1, 0.15) is 31.2 Å². The van der Waals surface area contributed by atoms with Crippen LogP contribution in [-0.2, 0) is 30.4 Å². The molecule has 12 nitrogen and oxygen atoms in total. The van der Waals surface area contributed by atoms with Crippen LogP contribution >= 0.6 is 0 Å². The number of primary amides is 1. The van der Waals surface area contributed by atoms with Crippen LogP contribution in [0.15, 0.2) is 30.3 Å². The quantitative estimate of drug-likeness (QED) is 0.195. The molecule has 0 saturated carbocycles. The number of carbonyl (C=O) groups is 5. The fraction of sp³-hybridized carbons (Fsp3) is 0.500. The number of benzene rings is 1. The Kier molecular flexibility index (Phi) is 9.95. The highest BCUT2D eigenvalue weighted by Crippen LogP contribution is 2.20. The summed E-state index contributed by atoms with van der Waals surface area (Å²) < 4.78 is 0. The molecule has 12 heteroatoms. The number of likely N-dealkylation sites (tertiary alicyclic amines) is 1. The van der Waals surface area contributed by atoms with E-state index in [9.17, 15) is 29.1 Å². The van der Waals surface area contributed by atoms with E-state index in [-0.39, 0.29) is 25.8 Å². The number of aliphatic hydroxyl groups excluding tert-OH is 1. The largest absolute Gasteiger partial charge is 0.480 e. The van der Waals surface area contributed by atoms with Gasteiger partial charge in [-0.05, 0) is 24.8 Å². The van der Waals surface area contributed by atoms with Crippen LogP contribution in [-0.4, -0.2) is 82.0 Å². The standard InChI is InChI=1S/C22H31N5O7/c23-14(12-28)19(30)25-15(8-9-18(24)29)21(32)27-10-4-7-17(27)20(31)26-16(22(33)34)11-13-5-2-1-3-6-13/h1-3,5-6,14-17,28H,4,7-12,23H2,(H2,24,29)(H,25,30)(H,26,31)(H,33,34). The fourth-order valence-electron chi connectivity index (χ4n) is 3.73. The monoisotopic (exact) mass is 477 g/mol. The Labute approximate surface area is 196 Å². The average Bonchev–Trinajstić information content (AvgIpc) is 3.30. The first-order valence-corrected chi connectivity index (χ1v) is 11.0. The molecule has 0 aromatic heterocycles. The maximum absolute atomic E-state index is 13.2. The number of carboxylic acids is 1. The maximum atomic E-state index is 13.2. The Morgan fingerprint density at radius 2 is 1.76 bits per heavy atom. The Bertz CT molecular complexity index is 895. The molecule has 1 aliphatic rings. The second-order valence-electron chi connectivity index (χ2n) is 8.13. The minimum atomic E-state index is -1.27. The first-order valence-electron chi connectivity index (χ1n) is 11.0. The van der Waals surface area contributed by atoms with Crippen LogP contribution in [0.25, 0.3) is 0 Å². The van der Waals surface area contributed by atoms with Crippen LogP contribution in [0, 0.1) is 0 Å². The van der Waals surface area contributed by atoms with E-state index in [2.05, 4.69) is 10.6 Å². The number of nitrogens with zero attached hydrogens (tertiary/aromatic N) is 1. The summed E-state index contributed by atoms with van der Waals surface area (Å²) in [5.41, 5.74) is 11.4. The number of carbonyl (C=O) groups excluding carboxylic acids is 4. The van der Waals surface area contributed by atoms with Gasteiger partial charge in [0.25, 0.3) is 0 Å². The Balaban J connectivity index is 2.13. The van der Waals surface area contributed by atoms with E-state index in [4.69, 9.17) is 16.6 Å². The number of nitrogens with one attached hydrogen (secondary N) is 2. The van der Waals surface area contributed by atoms with E-state index in [0.29, 0.717) is 12.8 Å². The first kappa shape index (κ1) is 26.7. The lowest BCUT2D eigenvalue weighted by molar-refractivity contribution is -0.145. The van der Waals surface area contributed by atoms with Crippen molar-refractivity contribution >= 4 is 29.6 Å². The third-order valence-corrected chi connectivity index (χ3v) is 5.56. The van der Waals surface area contributed by atoms with Gasteiger partial charge in [-0.2, -0.15) is 0 Å². The lowest BCUT2D eigenvalue weighted by Gasteiger charge is -2.29. The summed E-state index contributed by atoms with van der Waals surface area (Å²) >= 11 is 0. The molecule has 8 N–H and O–H groups in total. The minimum Gasteiger partial charge on any atom is -0.480 e. The summed E-state index contributed by atoms with van der Waals surface area (Å²) in [5.74, 6) is -3.93. The van der Waals surface area contributed by atoms with Crippen LogP contribution in [0.4, 0.5) is 0 Å². The second-order valence-corrected chi connectivity index (χ2v) is 8.13. The average molecular weight is 478 g/mol. The van der Waals surface area contributed by atoms with Crippen molar-refractivity contribution in [2.45, 2.75) is 56.3 Å². The number of aliphatic hydroxyl groups is 1. The number of carboxylic acid groups (broad SMARTS) is 1. The van der Waals surface area contributed by atoms with Crippen molar-refractivity contribution < 1.29 is 34.2 Å². The summed E-state index contributed by atoms with van der Waals surface area (Å²) in [6.07, 6.45) is 0.552. The summed E-state index contributed by atoms with van der Waals surface area (Å²) in [7, 11) is 0. The second kappa shape index (κ2) is 12.7. The molecule has 2 rings (SSSR count). The molecule has 1 heterocycles. The van der Waals surface area contributed by atoms with Gasteiger partial charge in [-0.1, -0.05) is 30.3 Å². The SMILES string of the molecule is NC(=O)CCC(NC(=O)C(N)CO)C(=O)N1CCCC1C(=O)NC(Cc1ccccc1)C(=O)O. The third kappa shape index (κ3) is 7.52. The van der Waals surface area contributed by atoms with Gasteiger partial charge < -0.3 is 37.2 Å². The lowest BCUT2D eigenvalue weighted by atomic mass is 10.0. The molecule has 4 atom stereocenters. The molecule has 1 aromatic carbocycles. The summed E-state index contributed by atoms with van der Waals surface area (Å²) in [5, 5.41) is 23.6. The normalized spacial score (nSPS) is 17.9. The van der Waals surface area contributed by atoms with Crippen LogP contribution in [0.3, 0.4) is 0 Å². The van der Waals surface area contributed by atoms with E-state index in [1.165, 1.54) is 4.90 Å². The number of amides is 4. The molecule has 34 heavy (non-hydrogen) atoms. The maximum Gasteiger partial charge on any atom is 0.326 e. The van der Waals surface area contributed by atoms with Gasteiger partial charge in [0.1, 0.15) is 24.2 Å². The molecule has 0 aliphatic carbocycles. The molecule has 1 aliphatic heterocycles. The molecule has 186 valence electrons. The van der Waals surface area contributed by atoms with Crippen molar-refractivity contribution in [1.82, 2.24) is 15.5 Å². The van der Waals surface area contributed by atoms with E-state index >= 15 is 0 Å². The zero-order chi connectivity index (χ0) is 25.3. The Morgan fingerprint density at radius 3 is 2.35 bits per heavy atom. The molecule has 1 fully saturated rings. The molecular formula is C22H31N5O7. The Morgan fingerprint density at radius 1 is 1.09 bits per heavy atom. The van der Waals surface area contributed by atoms with Gasteiger partial charge in [-0.3, -0.25) is 19.2 Å². The highest BCUT2D eigenvalue weighted by molar-refractivity contribution is 5.94. The van der Waals surface area contributed by atoms with Crippen LogP contribution < -0.4 is 22.1 Å². The number of rotatable bonds is 12. The van der Waals surface area contributed by atoms with E-state index in [1.54, 1.807) is 30.3 Å². The van der Waals surface area contributed by atoms with Gasteiger partial charge in [0, 0.05) is 19.4 Å². The van der Waals surface area contributed by atoms with Gasteiger partial charge >= 0.3 is 5.97 Å². The zero-order valence-corrected chi connectivity index (χ0v) is 18.7. The number of hydrogen-bond donors (Lipinski definition) is 6. The molecule has 1 saturated heterocycles. The summed E-state index contributed by atoms with van der Waals surface area (Å²) in [4.78, 5) is 62.5. The topological polar surface area (TPSA) is 205 Å². The van der Waals surface area contributed by atoms with Gasteiger partial charge in [0.2, 0.25) is 23.6 Å². The Hall–Kier alpha value is -3.51. The lowest BCUT2D eigenvalue weighted by Crippen LogP contribution is -2.57. The van der Waals surface area contributed by atoms with E-state index in [1.807, 2.05) is 0 Å². The van der Waals surface area contributed by atoms with Crippen molar-refractivity contribution in [3.05, 3.63) is 35.9 Å². The van der Waals surface area contributed by atoms with Crippen molar-refractivity contribution in [2.24, 2.45) is 11.5 Å². The van der Waals surface area contributed by atoms with Crippen LogP contribution in [0.2, 0.25) is 0 Å². The predicted molar refractivity (Wildman–Crippen MR) is 120 cm³/mol. The smallest absolute Gasteiger partial charge is 0.326 e. The van der Waals surface area contributed by atoms with Crippen molar-refractivity contribution in [1.29, 1.82) is 0 Å². The van der Waals surface area contributed by atoms with Crippen molar-refractivity contribution in [2.75, 3.05) is 13.2 Å². The minimum absolute atomic E-state index is 0.0684. The van der Waals surface area contributed by atoms with Gasteiger partial charge in [0.05, 0.1) is 6.61 Å². The molecular weight excluding hydrogens is 446 g/mol.